The number of likely N-dealkylation sites (tertiary alicyclic amines) is 2. The molecule has 0 aromatic carbocycles. The number of nitrogens with two attached hydrogens (primary N) is 1. The zero-order valence-electron chi connectivity index (χ0n) is 25.9. The molecule has 240 valence electrons. The highest BCUT2D eigenvalue weighted by atomic mass is 79.9. The predicted molar refractivity (Wildman–Crippen MR) is 176 cm³/mol. The molecule has 2 aliphatic rings. The van der Waals surface area contributed by atoms with Gasteiger partial charge in [-0.25, -0.2) is 19.6 Å². The summed E-state index contributed by atoms with van der Waals surface area (Å²) < 4.78 is 11.4. The Morgan fingerprint density at radius 2 is 1.40 bits per heavy atom. The highest BCUT2D eigenvalue weighted by molar-refractivity contribution is 9.10. The van der Waals surface area contributed by atoms with Crippen LogP contribution in [0.25, 0.3) is 0 Å². The molecule has 2 fully saturated rings. The van der Waals surface area contributed by atoms with Crippen molar-refractivity contribution in [3.8, 4) is 0 Å². The number of anilines is 1. The van der Waals surface area contributed by atoms with E-state index in [-0.39, 0.29) is 24.3 Å². The lowest BCUT2D eigenvalue weighted by Crippen LogP contribution is -2.47. The summed E-state index contributed by atoms with van der Waals surface area (Å²) in [5.41, 5.74) is 4.89. The van der Waals surface area contributed by atoms with Crippen LogP contribution in [0, 0.1) is 0 Å². The van der Waals surface area contributed by atoms with E-state index in [2.05, 4.69) is 31.2 Å². The van der Waals surface area contributed by atoms with E-state index in [4.69, 9.17) is 38.4 Å². The summed E-state index contributed by atoms with van der Waals surface area (Å²) in [5.74, 6) is 0.662. The fourth-order valence-electron chi connectivity index (χ4n) is 4.14. The monoisotopic (exact) mass is 702 g/mol. The van der Waals surface area contributed by atoms with Crippen LogP contribution in [0.2, 0.25) is 10.0 Å². The number of ether oxygens (including phenoxy) is 2. The molecule has 0 unspecified atom stereocenters. The van der Waals surface area contributed by atoms with Gasteiger partial charge in [0.05, 0.1) is 10.0 Å². The van der Waals surface area contributed by atoms with Crippen molar-refractivity contribution in [2.24, 2.45) is 5.73 Å². The number of carbonyl (C=O) groups is 2. The summed E-state index contributed by atoms with van der Waals surface area (Å²) in [6.45, 7) is 13.9. The maximum atomic E-state index is 12.1. The Labute approximate surface area is 274 Å². The van der Waals surface area contributed by atoms with E-state index >= 15 is 0 Å². The molecule has 4 heterocycles. The molecule has 0 spiro atoms. The molecule has 3 N–H and O–H groups in total. The molecule has 2 aromatic rings. The van der Waals surface area contributed by atoms with Gasteiger partial charge in [0.1, 0.15) is 21.6 Å². The highest BCUT2D eigenvalue weighted by Gasteiger charge is 2.28. The summed E-state index contributed by atoms with van der Waals surface area (Å²) in [4.78, 5) is 35.2. The first-order valence-electron chi connectivity index (χ1n) is 14.4. The molecule has 13 heteroatoms. The van der Waals surface area contributed by atoms with Gasteiger partial charge in [-0.3, -0.25) is 0 Å². The zero-order chi connectivity index (χ0) is 32.2. The largest absolute Gasteiger partial charge is 0.444 e. The van der Waals surface area contributed by atoms with E-state index < -0.39 is 11.2 Å². The number of rotatable bonds is 2. The quantitative estimate of drug-likeness (QED) is 0.311. The number of nitrogens with zero attached hydrogens (tertiary/aromatic N) is 4. The SMILES string of the molecule is CC(C)(C)OC(=O)N1CCC[C@@H](N)C1.CC(C)(C)OC(=O)N1CCC[C@@H](Nc2ncccc2Cl)C1.Clc1cccnc1Br. The standard InChI is InChI=1S/C15H22ClN3O2.C10H20N2O2.C5H3BrClN/c1-15(2,3)21-14(20)19-9-5-6-11(10-19)18-13-12(16)7-4-8-17-13;1-10(2,3)14-9(13)12-6-4-5-8(11)7-12;6-5-4(7)2-1-3-8-5/h4,7-8,11H,5-6,9-10H2,1-3H3,(H,17,18);8H,4-7,11H2,1-3H3;1-3H/t11-;8-;/m11./s1. The number of piperidine rings is 2. The maximum absolute atomic E-state index is 12.1. The van der Waals surface area contributed by atoms with Crippen LogP contribution in [-0.2, 0) is 9.47 Å². The van der Waals surface area contributed by atoms with Gasteiger partial charge in [0.15, 0.2) is 0 Å². The Bertz CT molecular complexity index is 1160. The summed E-state index contributed by atoms with van der Waals surface area (Å²) in [7, 11) is 0. The van der Waals surface area contributed by atoms with Crippen LogP contribution < -0.4 is 11.1 Å². The van der Waals surface area contributed by atoms with Crippen molar-refractivity contribution in [1.82, 2.24) is 19.8 Å². The molecule has 0 aliphatic carbocycles. The van der Waals surface area contributed by atoms with Gasteiger partial charge in [0.2, 0.25) is 0 Å². The number of nitrogens with one attached hydrogen (secondary N) is 1. The first-order valence-corrected chi connectivity index (χ1v) is 15.9. The number of halogens is 3. The third kappa shape index (κ3) is 14.8. The zero-order valence-corrected chi connectivity index (χ0v) is 29.0. The predicted octanol–water partition coefficient (Wildman–Crippen LogP) is 7.39. The van der Waals surface area contributed by atoms with E-state index in [1.54, 1.807) is 46.5 Å². The minimum absolute atomic E-state index is 0.108. The summed E-state index contributed by atoms with van der Waals surface area (Å²) in [5, 5.41) is 4.54. The topological polar surface area (TPSA) is 123 Å². The van der Waals surface area contributed by atoms with Crippen molar-refractivity contribution in [1.29, 1.82) is 0 Å². The Morgan fingerprint density at radius 1 is 0.884 bits per heavy atom. The van der Waals surface area contributed by atoms with Crippen molar-refractivity contribution in [2.75, 3.05) is 31.5 Å². The van der Waals surface area contributed by atoms with Crippen LogP contribution in [-0.4, -0.2) is 81.4 Å². The lowest BCUT2D eigenvalue weighted by molar-refractivity contribution is 0.0193. The molecule has 2 aliphatic heterocycles. The van der Waals surface area contributed by atoms with Crippen molar-refractivity contribution in [2.45, 2.75) is 90.5 Å². The highest BCUT2D eigenvalue weighted by Crippen LogP contribution is 2.22. The minimum Gasteiger partial charge on any atom is -0.444 e. The van der Waals surface area contributed by atoms with E-state index in [1.807, 2.05) is 41.5 Å². The van der Waals surface area contributed by atoms with Crippen LogP contribution in [0.1, 0.15) is 67.2 Å². The van der Waals surface area contributed by atoms with Crippen LogP contribution >= 0.6 is 39.1 Å². The second-order valence-corrected chi connectivity index (χ2v) is 13.9. The molecule has 2 amide bonds. The van der Waals surface area contributed by atoms with E-state index in [0.717, 1.165) is 38.8 Å². The smallest absolute Gasteiger partial charge is 0.410 e. The van der Waals surface area contributed by atoms with Crippen molar-refractivity contribution >= 4 is 57.1 Å². The van der Waals surface area contributed by atoms with Gasteiger partial charge in [-0.2, -0.15) is 0 Å². The fourth-order valence-corrected chi connectivity index (χ4v) is 4.69. The third-order valence-electron chi connectivity index (χ3n) is 6.00. The molecule has 2 atom stereocenters. The van der Waals surface area contributed by atoms with E-state index in [1.165, 1.54) is 0 Å². The maximum Gasteiger partial charge on any atom is 0.410 e. The van der Waals surface area contributed by atoms with Crippen molar-refractivity contribution in [3.63, 3.8) is 0 Å². The van der Waals surface area contributed by atoms with Crippen LogP contribution in [0.5, 0.6) is 0 Å². The Morgan fingerprint density at radius 3 is 1.86 bits per heavy atom. The number of pyridine rings is 2. The molecule has 4 rings (SSSR count). The normalized spacial score (nSPS) is 18.7. The fraction of sp³-hybridized carbons (Fsp3) is 0.600. The van der Waals surface area contributed by atoms with Crippen LogP contribution in [0.4, 0.5) is 15.4 Å². The number of carbonyl (C=O) groups excluding carboxylic acids is 2. The minimum atomic E-state index is -0.470. The number of hydrogen-bond acceptors (Lipinski definition) is 8. The van der Waals surface area contributed by atoms with E-state index in [0.29, 0.717) is 33.6 Å². The van der Waals surface area contributed by atoms with Crippen molar-refractivity contribution < 1.29 is 19.1 Å². The third-order valence-corrected chi connectivity index (χ3v) is 7.47. The first kappa shape index (κ1) is 36.8. The average molecular weight is 705 g/mol. The molecular formula is C30H45BrCl2N6O4. The number of aromatic nitrogens is 2. The molecular weight excluding hydrogens is 659 g/mol. The van der Waals surface area contributed by atoms with Gasteiger partial charge in [-0.05, 0) is 107 Å². The molecule has 2 saturated heterocycles. The number of amides is 2. The van der Waals surface area contributed by atoms with Gasteiger partial charge in [-0.15, -0.1) is 0 Å². The molecule has 0 bridgehead atoms. The summed E-state index contributed by atoms with van der Waals surface area (Å²) in [6.07, 6.45) is 6.75. The van der Waals surface area contributed by atoms with Gasteiger partial charge in [-0.1, -0.05) is 23.2 Å². The lowest BCUT2D eigenvalue weighted by atomic mass is 10.1. The van der Waals surface area contributed by atoms with Gasteiger partial charge >= 0.3 is 12.2 Å². The van der Waals surface area contributed by atoms with Gasteiger partial charge in [0, 0.05) is 50.7 Å². The second-order valence-electron chi connectivity index (χ2n) is 12.3. The summed E-state index contributed by atoms with van der Waals surface area (Å²) >= 11 is 14.9. The average Bonchev–Trinajstić information content (AvgIpc) is 2.91. The Balaban J connectivity index is 0.000000251. The summed E-state index contributed by atoms with van der Waals surface area (Å²) in [6, 6.07) is 7.40. The lowest BCUT2D eigenvalue weighted by Gasteiger charge is -2.34. The molecule has 0 saturated carbocycles. The van der Waals surface area contributed by atoms with Crippen LogP contribution in [0.15, 0.2) is 41.3 Å². The first-order chi connectivity index (χ1) is 20.0. The molecule has 43 heavy (non-hydrogen) atoms. The molecule has 0 radical (unpaired) electrons. The number of hydrogen-bond donors (Lipinski definition) is 2. The molecule has 2 aromatic heterocycles. The van der Waals surface area contributed by atoms with Crippen molar-refractivity contribution in [3.05, 3.63) is 51.3 Å². The van der Waals surface area contributed by atoms with E-state index in [9.17, 15) is 9.59 Å². The van der Waals surface area contributed by atoms with Crippen LogP contribution in [0.3, 0.4) is 0 Å². The second kappa shape index (κ2) is 17.2. The Hall–Kier alpha value is -2.34. The Kier molecular flexibility index (Phi) is 14.8. The van der Waals surface area contributed by atoms with Gasteiger partial charge < -0.3 is 30.3 Å². The van der Waals surface area contributed by atoms with Gasteiger partial charge in [0.25, 0.3) is 0 Å². The molecule has 10 nitrogen and oxygen atoms in total.